The van der Waals surface area contributed by atoms with E-state index in [9.17, 15) is 4.79 Å². The summed E-state index contributed by atoms with van der Waals surface area (Å²) in [5, 5.41) is 3.07. The highest BCUT2D eigenvalue weighted by molar-refractivity contribution is 5.76. The molecule has 1 aromatic rings. The number of hydrogen-bond donors (Lipinski definition) is 1. The van der Waals surface area contributed by atoms with Gasteiger partial charge in [-0.25, -0.2) is 0 Å². The second-order valence-corrected chi connectivity index (χ2v) is 4.14. The van der Waals surface area contributed by atoms with Gasteiger partial charge in [0.2, 0.25) is 0 Å². The first-order valence-electron chi connectivity index (χ1n) is 5.45. The third-order valence-electron chi connectivity index (χ3n) is 2.92. The van der Waals surface area contributed by atoms with Crippen LogP contribution in [0.15, 0.2) is 30.3 Å². The summed E-state index contributed by atoms with van der Waals surface area (Å²) < 4.78 is 10.4. The number of nitrogens with one attached hydrogen (secondary N) is 1. The molecule has 16 heavy (non-hydrogen) atoms. The van der Waals surface area contributed by atoms with Gasteiger partial charge in [0.25, 0.3) is 0 Å². The average molecular weight is 219 g/mol. The van der Waals surface area contributed by atoms with Crippen LogP contribution in [0.3, 0.4) is 0 Å². The monoisotopic (exact) mass is 219 g/mol. The van der Waals surface area contributed by atoms with Gasteiger partial charge < -0.3 is 9.47 Å². The molecule has 0 aromatic heterocycles. The highest BCUT2D eigenvalue weighted by Crippen LogP contribution is 2.31. The van der Waals surface area contributed by atoms with Crippen LogP contribution in [0, 0.1) is 0 Å². The first-order valence-corrected chi connectivity index (χ1v) is 5.45. The minimum absolute atomic E-state index is 0.0919. The topological polar surface area (TPSA) is 50.9 Å². The van der Waals surface area contributed by atoms with Crippen molar-refractivity contribution in [3.63, 3.8) is 0 Å². The Kier molecular flexibility index (Phi) is 2.38. The van der Waals surface area contributed by atoms with Gasteiger partial charge in [-0.3, -0.25) is 10.1 Å². The number of hydrogen-bond acceptors (Lipinski definition) is 4. The second-order valence-electron chi connectivity index (χ2n) is 4.14. The van der Waals surface area contributed by atoms with Crippen LogP contribution in [0.2, 0.25) is 0 Å². The number of fused-ring (bicyclic) bond motifs is 1. The fourth-order valence-electron chi connectivity index (χ4n) is 1.96. The maximum atomic E-state index is 11.6. The molecule has 1 N–H and O–H groups in total. The zero-order valence-corrected chi connectivity index (χ0v) is 8.76. The largest absolute Gasteiger partial charge is 0.460 e. The number of rotatable bonds is 3. The first-order chi connectivity index (χ1) is 7.83. The normalized spacial score (nSPS) is 30.9. The SMILES string of the molecule is O=C(OCc1ccccc1)C1CC2OC2N1. The van der Waals surface area contributed by atoms with Gasteiger partial charge in [0.1, 0.15) is 25.0 Å². The Morgan fingerprint density at radius 2 is 2.25 bits per heavy atom. The molecule has 0 spiro atoms. The van der Waals surface area contributed by atoms with E-state index in [2.05, 4.69) is 5.32 Å². The van der Waals surface area contributed by atoms with E-state index in [0.29, 0.717) is 6.61 Å². The Balaban J connectivity index is 1.50. The van der Waals surface area contributed by atoms with Crippen molar-refractivity contribution < 1.29 is 14.3 Å². The van der Waals surface area contributed by atoms with Gasteiger partial charge in [-0.2, -0.15) is 0 Å². The Labute approximate surface area is 93.5 Å². The number of ether oxygens (including phenoxy) is 2. The lowest BCUT2D eigenvalue weighted by Gasteiger charge is -2.12. The number of esters is 1. The Bertz CT molecular complexity index is 383. The van der Waals surface area contributed by atoms with E-state index in [-0.39, 0.29) is 24.3 Å². The van der Waals surface area contributed by atoms with Crippen LogP contribution < -0.4 is 5.32 Å². The quantitative estimate of drug-likeness (QED) is 0.604. The van der Waals surface area contributed by atoms with Crippen LogP contribution in [0.1, 0.15) is 12.0 Å². The molecule has 2 aliphatic rings. The van der Waals surface area contributed by atoms with Crippen LogP contribution in [-0.4, -0.2) is 24.3 Å². The van der Waals surface area contributed by atoms with E-state index < -0.39 is 0 Å². The maximum absolute atomic E-state index is 11.6. The average Bonchev–Trinajstić information content (AvgIpc) is 2.94. The number of epoxide rings is 1. The van der Waals surface area contributed by atoms with E-state index >= 15 is 0 Å². The highest BCUT2D eigenvalue weighted by Gasteiger charge is 2.50. The molecule has 0 amide bonds. The molecule has 3 atom stereocenters. The molecular formula is C12H13NO3. The van der Waals surface area contributed by atoms with Crippen LogP contribution in [0.4, 0.5) is 0 Å². The molecule has 2 saturated heterocycles. The minimum atomic E-state index is -0.188. The van der Waals surface area contributed by atoms with Crippen molar-refractivity contribution in [2.75, 3.05) is 0 Å². The highest BCUT2D eigenvalue weighted by atomic mass is 16.6. The summed E-state index contributed by atoms with van der Waals surface area (Å²) in [6.07, 6.45) is 1.06. The molecule has 0 bridgehead atoms. The number of carbonyl (C=O) groups is 1. The van der Waals surface area contributed by atoms with E-state index in [1.165, 1.54) is 0 Å². The van der Waals surface area contributed by atoms with Gasteiger partial charge in [0.15, 0.2) is 0 Å². The summed E-state index contributed by atoms with van der Waals surface area (Å²) in [4.78, 5) is 11.6. The van der Waals surface area contributed by atoms with Gasteiger partial charge in [0.05, 0.1) is 0 Å². The van der Waals surface area contributed by atoms with Crippen molar-refractivity contribution >= 4 is 5.97 Å². The van der Waals surface area contributed by atoms with Gasteiger partial charge in [-0.05, 0) is 5.56 Å². The fourth-order valence-corrected chi connectivity index (χ4v) is 1.96. The van der Waals surface area contributed by atoms with Crippen molar-refractivity contribution in [1.29, 1.82) is 0 Å². The molecule has 4 nitrogen and oxygen atoms in total. The van der Waals surface area contributed by atoms with Gasteiger partial charge >= 0.3 is 5.97 Å². The fraction of sp³-hybridized carbons (Fsp3) is 0.417. The summed E-state index contributed by atoms with van der Waals surface area (Å²) in [6.45, 7) is 0.341. The molecule has 2 aliphatic heterocycles. The lowest BCUT2D eigenvalue weighted by molar-refractivity contribution is -0.147. The standard InChI is InChI=1S/C12H13NO3/c14-12(9-6-10-11(13-9)16-10)15-7-8-4-2-1-3-5-8/h1-5,9-11,13H,6-7H2. The lowest BCUT2D eigenvalue weighted by Crippen LogP contribution is -2.35. The van der Waals surface area contributed by atoms with Crippen molar-refractivity contribution in [2.24, 2.45) is 0 Å². The molecule has 0 saturated carbocycles. The summed E-state index contributed by atoms with van der Waals surface area (Å²) in [5.41, 5.74) is 1.01. The zero-order valence-electron chi connectivity index (χ0n) is 8.76. The Morgan fingerprint density at radius 1 is 1.44 bits per heavy atom. The van der Waals surface area contributed by atoms with Crippen molar-refractivity contribution in [3.05, 3.63) is 35.9 Å². The van der Waals surface area contributed by atoms with Crippen molar-refractivity contribution in [3.8, 4) is 0 Å². The molecule has 3 rings (SSSR count). The number of carbonyl (C=O) groups excluding carboxylic acids is 1. The molecule has 0 aliphatic carbocycles. The lowest BCUT2D eigenvalue weighted by atomic mass is 10.2. The van der Waals surface area contributed by atoms with Gasteiger partial charge in [-0.1, -0.05) is 30.3 Å². The van der Waals surface area contributed by atoms with E-state index in [4.69, 9.17) is 9.47 Å². The second kappa shape index (κ2) is 3.88. The molecule has 2 fully saturated rings. The molecule has 0 radical (unpaired) electrons. The maximum Gasteiger partial charge on any atom is 0.323 e. The summed E-state index contributed by atoms with van der Waals surface area (Å²) in [6, 6.07) is 9.49. The molecule has 3 unspecified atom stereocenters. The molecular weight excluding hydrogens is 206 g/mol. The van der Waals surface area contributed by atoms with E-state index in [0.717, 1.165) is 12.0 Å². The predicted molar refractivity (Wildman–Crippen MR) is 56.4 cm³/mol. The Hall–Kier alpha value is -1.39. The third-order valence-corrected chi connectivity index (χ3v) is 2.92. The summed E-state index contributed by atoms with van der Waals surface area (Å²) in [7, 11) is 0. The van der Waals surface area contributed by atoms with Crippen molar-refractivity contribution in [2.45, 2.75) is 31.4 Å². The first kappa shape index (κ1) is 9.81. The predicted octanol–water partition coefficient (Wildman–Crippen LogP) is 0.817. The molecule has 2 heterocycles. The summed E-state index contributed by atoms with van der Waals surface area (Å²) >= 11 is 0. The van der Waals surface area contributed by atoms with Crippen molar-refractivity contribution in [1.82, 2.24) is 5.32 Å². The third kappa shape index (κ3) is 1.94. The smallest absolute Gasteiger partial charge is 0.323 e. The molecule has 1 aromatic carbocycles. The van der Waals surface area contributed by atoms with Crippen LogP contribution in [0.25, 0.3) is 0 Å². The van der Waals surface area contributed by atoms with Crippen LogP contribution in [0.5, 0.6) is 0 Å². The molecule has 84 valence electrons. The van der Waals surface area contributed by atoms with Gasteiger partial charge in [-0.15, -0.1) is 0 Å². The number of benzene rings is 1. The summed E-state index contributed by atoms with van der Waals surface area (Å²) in [5.74, 6) is -0.181. The van der Waals surface area contributed by atoms with Gasteiger partial charge in [0, 0.05) is 6.42 Å². The zero-order chi connectivity index (χ0) is 11.0. The van der Waals surface area contributed by atoms with Crippen LogP contribution >= 0.6 is 0 Å². The van der Waals surface area contributed by atoms with Crippen LogP contribution in [-0.2, 0) is 20.9 Å². The minimum Gasteiger partial charge on any atom is -0.460 e. The van der Waals surface area contributed by atoms with E-state index in [1.54, 1.807) is 0 Å². The Morgan fingerprint density at radius 3 is 2.94 bits per heavy atom. The van der Waals surface area contributed by atoms with E-state index in [1.807, 2.05) is 30.3 Å². The molecule has 4 heteroatoms.